The van der Waals surface area contributed by atoms with Crippen molar-refractivity contribution in [1.29, 1.82) is 0 Å². The number of benzene rings is 1. The zero-order valence-corrected chi connectivity index (χ0v) is 13.0. The van der Waals surface area contributed by atoms with Crippen molar-refractivity contribution < 1.29 is 4.74 Å². The molecule has 0 fully saturated rings. The highest BCUT2D eigenvalue weighted by Gasteiger charge is 2.08. The Labute approximate surface area is 125 Å². The highest BCUT2D eigenvalue weighted by atomic mass is 35.5. The van der Waals surface area contributed by atoms with Gasteiger partial charge in [0.2, 0.25) is 0 Å². The molecule has 5 heteroatoms. The Bertz CT molecular complexity index is 424. The molecule has 0 amide bonds. The second-order valence-electron chi connectivity index (χ2n) is 4.75. The SMILES string of the molecule is CC(C)CCOCCNc1cccc(Cl)c1C(N)=S. The van der Waals surface area contributed by atoms with Crippen molar-refractivity contribution in [3.63, 3.8) is 0 Å². The number of nitrogens with one attached hydrogen (secondary N) is 1. The Kier molecular flexibility index (Phi) is 7.13. The van der Waals surface area contributed by atoms with E-state index in [0.717, 1.165) is 18.7 Å². The third kappa shape index (κ3) is 5.76. The average molecular weight is 301 g/mol. The standard InChI is InChI=1S/C14H21ClN2OS/c1-10(2)6-8-18-9-7-17-12-5-3-4-11(15)13(12)14(16)19/h3-5,10,17H,6-9H2,1-2H3,(H2,16,19). The summed E-state index contributed by atoms with van der Waals surface area (Å²) in [6.45, 7) is 6.51. The molecule has 0 atom stereocenters. The lowest BCUT2D eigenvalue weighted by Gasteiger charge is -2.13. The van der Waals surface area contributed by atoms with Crippen molar-refractivity contribution in [1.82, 2.24) is 0 Å². The molecule has 0 aliphatic heterocycles. The first-order chi connectivity index (χ1) is 9.02. The summed E-state index contributed by atoms with van der Waals surface area (Å²) in [5, 5.41) is 3.81. The van der Waals surface area contributed by atoms with E-state index in [9.17, 15) is 0 Å². The van der Waals surface area contributed by atoms with Gasteiger partial charge in [-0.25, -0.2) is 0 Å². The van der Waals surface area contributed by atoms with Crippen LogP contribution in [0.3, 0.4) is 0 Å². The maximum Gasteiger partial charge on any atom is 0.107 e. The quantitative estimate of drug-likeness (QED) is 0.570. The smallest absolute Gasteiger partial charge is 0.107 e. The monoisotopic (exact) mass is 300 g/mol. The summed E-state index contributed by atoms with van der Waals surface area (Å²) >= 11 is 11.1. The van der Waals surface area contributed by atoms with E-state index in [4.69, 9.17) is 34.3 Å². The average Bonchev–Trinajstić information content (AvgIpc) is 2.32. The van der Waals surface area contributed by atoms with Gasteiger partial charge in [0.1, 0.15) is 4.99 Å². The van der Waals surface area contributed by atoms with Crippen molar-refractivity contribution in [2.24, 2.45) is 11.7 Å². The summed E-state index contributed by atoms with van der Waals surface area (Å²) in [5.41, 5.74) is 7.23. The van der Waals surface area contributed by atoms with Gasteiger partial charge in [0.15, 0.2) is 0 Å². The fourth-order valence-electron chi connectivity index (χ4n) is 1.60. The van der Waals surface area contributed by atoms with Gasteiger partial charge in [0.05, 0.1) is 17.2 Å². The maximum absolute atomic E-state index is 6.08. The van der Waals surface area contributed by atoms with Crippen LogP contribution in [0.25, 0.3) is 0 Å². The normalized spacial score (nSPS) is 10.7. The number of rotatable bonds is 8. The van der Waals surface area contributed by atoms with Gasteiger partial charge in [-0.15, -0.1) is 0 Å². The third-order valence-corrected chi connectivity index (χ3v) is 3.18. The number of ether oxygens (including phenoxy) is 1. The number of anilines is 1. The molecule has 0 radical (unpaired) electrons. The molecular weight excluding hydrogens is 280 g/mol. The van der Waals surface area contributed by atoms with Gasteiger partial charge in [-0.05, 0) is 24.5 Å². The molecule has 1 aromatic rings. The zero-order valence-electron chi connectivity index (χ0n) is 11.4. The highest BCUT2D eigenvalue weighted by Crippen LogP contribution is 2.23. The molecule has 0 saturated heterocycles. The van der Waals surface area contributed by atoms with Crippen molar-refractivity contribution >= 4 is 34.5 Å². The molecular formula is C14H21ClN2OS. The van der Waals surface area contributed by atoms with Gasteiger partial charge in [-0.1, -0.05) is 43.7 Å². The summed E-state index contributed by atoms with van der Waals surface area (Å²) in [6, 6.07) is 5.56. The van der Waals surface area contributed by atoms with Crippen LogP contribution >= 0.6 is 23.8 Å². The van der Waals surface area contributed by atoms with Crippen LogP contribution in [0.15, 0.2) is 18.2 Å². The van der Waals surface area contributed by atoms with Gasteiger partial charge in [-0.3, -0.25) is 0 Å². The van der Waals surface area contributed by atoms with Crippen LogP contribution < -0.4 is 11.1 Å². The van der Waals surface area contributed by atoms with Crippen molar-refractivity contribution in [2.45, 2.75) is 20.3 Å². The molecule has 106 valence electrons. The first-order valence-corrected chi connectivity index (χ1v) is 7.21. The van der Waals surface area contributed by atoms with Crippen molar-refractivity contribution in [3.8, 4) is 0 Å². The molecule has 19 heavy (non-hydrogen) atoms. The minimum atomic E-state index is 0.300. The molecule has 0 unspecified atom stereocenters. The van der Waals surface area contributed by atoms with Crippen molar-refractivity contribution in [3.05, 3.63) is 28.8 Å². The summed E-state index contributed by atoms with van der Waals surface area (Å²) < 4.78 is 5.54. The van der Waals surface area contributed by atoms with E-state index in [1.54, 1.807) is 6.07 Å². The molecule has 1 rings (SSSR count). The third-order valence-electron chi connectivity index (χ3n) is 2.66. The van der Waals surface area contributed by atoms with Crippen LogP contribution in [-0.2, 0) is 4.74 Å². The lowest BCUT2D eigenvalue weighted by molar-refractivity contribution is 0.132. The Morgan fingerprint density at radius 1 is 1.42 bits per heavy atom. The lowest BCUT2D eigenvalue weighted by Crippen LogP contribution is -2.16. The Hall–Kier alpha value is -0.840. The molecule has 0 spiro atoms. The van der Waals surface area contributed by atoms with E-state index in [0.29, 0.717) is 34.6 Å². The summed E-state index contributed by atoms with van der Waals surface area (Å²) in [4.78, 5) is 0.300. The van der Waals surface area contributed by atoms with Crippen molar-refractivity contribution in [2.75, 3.05) is 25.1 Å². The minimum Gasteiger partial charge on any atom is -0.389 e. The Balaban J connectivity index is 2.41. The van der Waals surface area contributed by atoms with Gasteiger partial charge in [-0.2, -0.15) is 0 Å². The number of nitrogens with two attached hydrogens (primary N) is 1. The summed E-state index contributed by atoms with van der Waals surface area (Å²) in [7, 11) is 0. The lowest BCUT2D eigenvalue weighted by atomic mass is 10.1. The number of halogens is 1. The molecule has 3 N–H and O–H groups in total. The second kappa shape index (κ2) is 8.35. The molecule has 3 nitrogen and oxygen atoms in total. The van der Waals surface area contributed by atoms with Gasteiger partial charge >= 0.3 is 0 Å². The van der Waals surface area contributed by atoms with Crippen LogP contribution in [0.1, 0.15) is 25.8 Å². The van der Waals surface area contributed by atoms with E-state index in [1.807, 2.05) is 12.1 Å². The van der Waals surface area contributed by atoms with Crippen LogP contribution in [0, 0.1) is 5.92 Å². The zero-order chi connectivity index (χ0) is 14.3. The molecule has 0 heterocycles. The van der Waals surface area contributed by atoms with Crippen LogP contribution in [0.4, 0.5) is 5.69 Å². The number of hydrogen-bond acceptors (Lipinski definition) is 3. The van der Waals surface area contributed by atoms with E-state index >= 15 is 0 Å². The molecule has 1 aromatic carbocycles. The molecule has 0 saturated carbocycles. The van der Waals surface area contributed by atoms with Crippen LogP contribution in [0.2, 0.25) is 5.02 Å². The minimum absolute atomic E-state index is 0.300. The second-order valence-corrected chi connectivity index (χ2v) is 5.60. The highest BCUT2D eigenvalue weighted by molar-refractivity contribution is 7.80. The Morgan fingerprint density at radius 2 is 2.16 bits per heavy atom. The first-order valence-electron chi connectivity index (χ1n) is 6.42. The molecule has 0 aliphatic rings. The summed E-state index contributed by atoms with van der Waals surface area (Å²) in [6.07, 6.45) is 1.08. The first kappa shape index (κ1) is 16.2. The molecule has 0 aromatic heterocycles. The maximum atomic E-state index is 6.08. The predicted octanol–water partition coefficient (Wildman–Crippen LogP) is 3.45. The Morgan fingerprint density at radius 3 is 2.79 bits per heavy atom. The fraction of sp³-hybridized carbons (Fsp3) is 0.500. The van der Waals surface area contributed by atoms with E-state index in [-0.39, 0.29) is 0 Å². The topological polar surface area (TPSA) is 47.3 Å². The number of thiocarbonyl (C=S) groups is 1. The van der Waals surface area contributed by atoms with E-state index in [2.05, 4.69) is 19.2 Å². The fourth-order valence-corrected chi connectivity index (χ4v) is 2.15. The van der Waals surface area contributed by atoms with Gasteiger partial charge in [0, 0.05) is 18.8 Å². The van der Waals surface area contributed by atoms with Crippen LogP contribution in [-0.4, -0.2) is 24.7 Å². The predicted molar refractivity (Wildman–Crippen MR) is 86.1 cm³/mol. The summed E-state index contributed by atoms with van der Waals surface area (Å²) in [5.74, 6) is 0.669. The number of hydrogen-bond donors (Lipinski definition) is 2. The molecule has 0 aliphatic carbocycles. The molecule has 0 bridgehead atoms. The van der Waals surface area contributed by atoms with E-state index < -0.39 is 0 Å². The van der Waals surface area contributed by atoms with Gasteiger partial charge in [0.25, 0.3) is 0 Å². The van der Waals surface area contributed by atoms with Gasteiger partial charge < -0.3 is 15.8 Å². The van der Waals surface area contributed by atoms with Crippen LogP contribution in [0.5, 0.6) is 0 Å². The van der Waals surface area contributed by atoms with E-state index in [1.165, 1.54) is 0 Å². The largest absolute Gasteiger partial charge is 0.389 e.